The molecular weight excluding hydrogens is 324 g/mol. The Balaban J connectivity index is 2.17. The van der Waals surface area contributed by atoms with Gasteiger partial charge >= 0.3 is 5.97 Å². The van der Waals surface area contributed by atoms with Crippen LogP contribution in [0.25, 0.3) is 10.9 Å². The zero-order valence-corrected chi connectivity index (χ0v) is 13.1. The lowest BCUT2D eigenvalue weighted by atomic mass is 10.2. The summed E-state index contributed by atoms with van der Waals surface area (Å²) in [6.07, 6.45) is 1.76. The van der Waals surface area contributed by atoms with E-state index in [0.29, 0.717) is 20.9 Å². The summed E-state index contributed by atoms with van der Waals surface area (Å²) in [6, 6.07) is 5.09. The summed E-state index contributed by atoms with van der Waals surface area (Å²) in [6.45, 7) is 1.69. The molecule has 0 saturated carbocycles. The van der Waals surface area contributed by atoms with Gasteiger partial charge in [-0.1, -0.05) is 18.5 Å². The molecule has 2 heterocycles. The van der Waals surface area contributed by atoms with Crippen LogP contribution in [0.15, 0.2) is 29.8 Å². The predicted molar refractivity (Wildman–Crippen MR) is 84.8 cm³/mol. The molecule has 0 spiro atoms. The Hall–Kier alpha value is -2.18. The van der Waals surface area contributed by atoms with Crippen LogP contribution in [0.5, 0.6) is 5.75 Å². The third-order valence-electron chi connectivity index (χ3n) is 3.07. The van der Waals surface area contributed by atoms with E-state index in [1.54, 1.807) is 36.7 Å². The van der Waals surface area contributed by atoms with Crippen molar-refractivity contribution in [2.75, 3.05) is 0 Å². The highest BCUT2D eigenvalue weighted by molar-refractivity contribution is 7.11. The Kier molecular flexibility index (Phi) is 3.96. The standard InChI is InChI=1S/C15H11ClN2O3S/c1-2-11(19)21-14-9-7-8(16)3-4-10(9)18-12(14)13(20)15-17-5-6-22-15/h3-7,18H,2H2,1H3. The van der Waals surface area contributed by atoms with Crippen LogP contribution in [0.2, 0.25) is 5.02 Å². The monoisotopic (exact) mass is 334 g/mol. The van der Waals surface area contributed by atoms with Crippen molar-refractivity contribution < 1.29 is 14.3 Å². The van der Waals surface area contributed by atoms with Gasteiger partial charge in [0.2, 0.25) is 5.78 Å². The van der Waals surface area contributed by atoms with Crippen molar-refractivity contribution in [3.05, 3.63) is 45.5 Å². The van der Waals surface area contributed by atoms with Crippen LogP contribution in [0.3, 0.4) is 0 Å². The summed E-state index contributed by atoms with van der Waals surface area (Å²) in [5.41, 5.74) is 0.872. The SMILES string of the molecule is CCC(=O)Oc1c(C(=O)c2nccs2)[nH]c2ccc(Cl)cc12. The lowest BCUT2D eigenvalue weighted by molar-refractivity contribution is -0.133. The highest BCUT2D eigenvalue weighted by atomic mass is 35.5. The van der Waals surface area contributed by atoms with E-state index in [1.807, 2.05) is 0 Å². The summed E-state index contributed by atoms with van der Waals surface area (Å²) in [7, 11) is 0. The summed E-state index contributed by atoms with van der Waals surface area (Å²) < 4.78 is 5.35. The van der Waals surface area contributed by atoms with Crippen LogP contribution in [0.1, 0.15) is 28.8 Å². The number of halogens is 1. The fraction of sp³-hybridized carbons (Fsp3) is 0.133. The number of hydrogen-bond acceptors (Lipinski definition) is 5. The van der Waals surface area contributed by atoms with Crippen LogP contribution in [0.4, 0.5) is 0 Å². The summed E-state index contributed by atoms with van der Waals surface area (Å²) in [5, 5.41) is 3.12. The van der Waals surface area contributed by atoms with Crippen molar-refractivity contribution in [2.24, 2.45) is 0 Å². The van der Waals surface area contributed by atoms with Crippen LogP contribution < -0.4 is 4.74 Å². The van der Waals surface area contributed by atoms with Gasteiger partial charge in [0.1, 0.15) is 5.69 Å². The second kappa shape index (κ2) is 5.90. The van der Waals surface area contributed by atoms with E-state index in [1.165, 1.54) is 11.3 Å². The Labute approximate surface area is 134 Å². The minimum absolute atomic E-state index is 0.199. The topological polar surface area (TPSA) is 72.1 Å². The fourth-order valence-corrected chi connectivity index (χ4v) is 2.79. The highest BCUT2D eigenvalue weighted by Gasteiger charge is 2.24. The molecule has 0 atom stereocenters. The van der Waals surface area contributed by atoms with Crippen molar-refractivity contribution in [1.82, 2.24) is 9.97 Å². The molecule has 112 valence electrons. The molecule has 3 rings (SSSR count). The number of ketones is 1. The van der Waals surface area contributed by atoms with Gasteiger partial charge in [-0.2, -0.15) is 0 Å². The normalized spacial score (nSPS) is 10.8. The van der Waals surface area contributed by atoms with Gasteiger partial charge in [0, 0.05) is 33.9 Å². The van der Waals surface area contributed by atoms with Crippen molar-refractivity contribution in [3.8, 4) is 5.75 Å². The second-order valence-corrected chi connectivity index (χ2v) is 5.84. The zero-order valence-electron chi connectivity index (χ0n) is 11.6. The molecule has 5 nitrogen and oxygen atoms in total. The average Bonchev–Trinajstić information content (AvgIpc) is 3.15. The number of H-pyrrole nitrogens is 1. The maximum Gasteiger partial charge on any atom is 0.310 e. The quantitative estimate of drug-likeness (QED) is 0.581. The molecule has 0 amide bonds. The van der Waals surface area contributed by atoms with Crippen molar-refractivity contribution >= 4 is 45.6 Å². The minimum Gasteiger partial charge on any atom is -0.423 e. The largest absolute Gasteiger partial charge is 0.423 e. The van der Waals surface area contributed by atoms with E-state index in [9.17, 15) is 9.59 Å². The molecule has 2 aromatic heterocycles. The third-order valence-corrected chi connectivity index (χ3v) is 4.08. The first kappa shape index (κ1) is 14.7. The number of carbonyl (C=O) groups excluding carboxylic acids is 2. The number of esters is 1. The van der Waals surface area contributed by atoms with Crippen LogP contribution >= 0.6 is 22.9 Å². The van der Waals surface area contributed by atoms with Crippen LogP contribution in [-0.2, 0) is 4.79 Å². The second-order valence-electron chi connectivity index (χ2n) is 4.51. The maximum absolute atomic E-state index is 12.5. The van der Waals surface area contributed by atoms with Gasteiger partial charge in [0.25, 0.3) is 0 Å². The summed E-state index contributed by atoms with van der Waals surface area (Å²) >= 11 is 7.22. The molecule has 3 aromatic rings. The Morgan fingerprint density at radius 2 is 2.23 bits per heavy atom. The molecule has 7 heteroatoms. The number of thiazole rings is 1. The first-order valence-corrected chi connectivity index (χ1v) is 7.82. The first-order valence-electron chi connectivity index (χ1n) is 6.56. The smallest absolute Gasteiger partial charge is 0.310 e. The van der Waals surface area contributed by atoms with Crippen molar-refractivity contribution in [2.45, 2.75) is 13.3 Å². The molecule has 22 heavy (non-hydrogen) atoms. The molecule has 0 unspecified atom stereocenters. The van der Waals surface area contributed by atoms with Gasteiger partial charge in [0.15, 0.2) is 10.8 Å². The van der Waals surface area contributed by atoms with Gasteiger partial charge in [0.05, 0.1) is 0 Å². The lowest BCUT2D eigenvalue weighted by Crippen LogP contribution is -2.10. The number of carbonyl (C=O) groups is 2. The van der Waals surface area contributed by atoms with E-state index in [-0.39, 0.29) is 23.6 Å². The van der Waals surface area contributed by atoms with Crippen LogP contribution in [-0.4, -0.2) is 21.7 Å². The highest BCUT2D eigenvalue weighted by Crippen LogP contribution is 2.34. The number of nitrogens with one attached hydrogen (secondary N) is 1. The zero-order chi connectivity index (χ0) is 15.7. The maximum atomic E-state index is 12.5. The number of ether oxygens (including phenoxy) is 1. The van der Waals surface area contributed by atoms with E-state index in [4.69, 9.17) is 16.3 Å². The van der Waals surface area contributed by atoms with E-state index < -0.39 is 5.97 Å². The molecular formula is C15H11ClN2O3S. The fourth-order valence-electron chi connectivity index (χ4n) is 2.03. The first-order chi connectivity index (χ1) is 10.6. The number of rotatable bonds is 4. The Morgan fingerprint density at radius 3 is 2.91 bits per heavy atom. The number of aromatic nitrogens is 2. The minimum atomic E-state index is -0.422. The number of hydrogen-bond donors (Lipinski definition) is 1. The van der Waals surface area contributed by atoms with Gasteiger partial charge in [-0.05, 0) is 18.2 Å². The number of fused-ring (bicyclic) bond motifs is 1. The molecule has 0 fully saturated rings. The lowest BCUT2D eigenvalue weighted by Gasteiger charge is -2.04. The van der Waals surface area contributed by atoms with Gasteiger partial charge < -0.3 is 9.72 Å². The van der Waals surface area contributed by atoms with E-state index in [2.05, 4.69) is 9.97 Å². The van der Waals surface area contributed by atoms with E-state index in [0.717, 1.165) is 0 Å². The predicted octanol–water partition coefficient (Wildman–Crippen LogP) is 3.82. The summed E-state index contributed by atoms with van der Waals surface area (Å²) in [4.78, 5) is 31.2. The molecule has 0 bridgehead atoms. The van der Waals surface area contributed by atoms with E-state index >= 15 is 0 Å². The molecule has 1 aromatic carbocycles. The Bertz CT molecular complexity index is 855. The van der Waals surface area contributed by atoms with Crippen LogP contribution in [0, 0.1) is 0 Å². The third kappa shape index (κ3) is 2.63. The molecule has 0 radical (unpaired) electrons. The Morgan fingerprint density at radius 1 is 1.41 bits per heavy atom. The molecule has 0 aliphatic carbocycles. The van der Waals surface area contributed by atoms with Gasteiger partial charge in [-0.15, -0.1) is 11.3 Å². The molecule has 0 saturated heterocycles. The number of nitrogens with zero attached hydrogens (tertiary/aromatic N) is 1. The van der Waals surface area contributed by atoms with Crippen molar-refractivity contribution in [3.63, 3.8) is 0 Å². The van der Waals surface area contributed by atoms with Gasteiger partial charge in [-0.25, -0.2) is 4.98 Å². The number of benzene rings is 1. The molecule has 0 aliphatic heterocycles. The number of aromatic amines is 1. The molecule has 1 N–H and O–H groups in total. The van der Waals surface area contributed by atoms with Crippen molar-refractivity contribution in [1.29, 1.82) is 0 Å². The summed E-state index contributed by atoms with van der Waals surface area (Å²) in [5.74, 6) is -0.542. The molecule has 0 aliphatic rings. The van der Waals surface area contributed by atoms with Gasteiger partial charge in [-0.3, -0.25) is 9.59 Å². The average molecular weight is 335 g/mol.